The van der Waals surface area contributed by atoms with Crippen molar-refractivity contribution in [3.05, 3.63) is 29.3 Å². The Morgan fingerprint density at radius 1 is 1.42 bits per heavy atom. The third kappa shape index (κ3) is 2.90. The van der Waals surface area contributed by atoms with Gasteiger partial charge in [-0.1, -0.05) is 13.0 Å². The van der Waals surface area contributed by atoms with E-state index < -0.39 is 0 Å². The lowest BCUT2D eigenvalue weighted by molar-refractivity contribution is 0.189. The topological polar surface area (TPSA) is 36.3 Å². The Balaban J connectivity index is 2.17. The van der Waals surface area contributed by atoms with Gasteiger partial charge < -0.3 is 4.74 Å². The molecule has 2 unspecified atom stereocenters. The van der Waals surface area contributed by atoms with E-state index in [1.54, 1.807) is 7.11 Å². The van der Waals surface area contributed by atoms with Crippen molar-refractivity contribution >= 4 is 0 Å². The van der Waals surface area contributed by atoms with E-state index >= 15 is 0 Å². The van der Waals surface area contributed by atoms with Crippen LogP contribution in [0.2, 0.25) is 0 Å². The third-order valence-corrected chi connectivity index (χ3v) is 4.18. The Hall–Kier alpha value is -1.53. The third-order valence-electron chi connectivity index (χ3n) is 4.18. The summed E-state index contributed by atoms with van der Waals surface area (Å²) in [6.07, 6.45) is 3.79. The van der Waals surface area contributed by atoms with Crippen LogP contribution in [-0.2, 0) is 6.54 Å². The summed E-state index contributed by atoms with van der Waals surface area (Å²) in [5, 5.41) is 9.01. The summed E-state index contributed by atoms with van der Waals surface area (Å²) < 4.78 is 5.28. The van der Waals surface area contributed by atoms with Gasteiger partial charge in [-0.05, 0) is 43.9 Å². The van der Waals surface area contributed by atoms with Crippen molar-refractivity contribution < 1.29 is 4.74 Å². The lowest BCUT2D eigenvalue weighted by Crippen LogP contribution is -2.33. The average molecular weight is 258 g/mol. The van der Waals surface area contributed by atoms with Crippen molar-refractivity contribution in [2.24, 2.45) is 0 Å². The van der Waals surface area contributed by atoms with Gasteiger partial charge in [-0.3, -0.25) is 4.90 Å². The van der Waals surface area contributed by atoms with Crippen LogP contribution in [0.15, 0.2) is 18.2 Å². The van der Waals surface area contributed by atoms with Crippen molar-refractivity contribution in [1.29, 1.82) is 5.26 Å². The van der Waals surface area contributed by atoms with Crippen LogP contribution >= 0.6 is 0 Å². The first kappa shape index (κ1) is 13.9. The zero-order chi connectivity index (χ0) is 13.8. The number of hydrogen-bond donors (Lipinski definition) is 0. The summed E-state index contributed by atoms with van der Waals surface area (Å²) >= 11 is 0. The molecule has 1 aliphatic heterocycles. The van der Waals surface area contributed by atoms with Crippen molar-refractivity contribution in [3.63, 3.8) is 0 Å². The highest BCUT2D eigenvalue weighted by Crippen LogP contribution is 2.29. The molecule has 0 aliphatic carbocycles. The van der Waals surface area contributed by atoms with E-state index in [1.165, 1.54) is 24.8 Å². The molecule has 1 aliphatic rings. The van der Waals surface area contributed by atoms with E-state index in [0.717, 1.165) is 6.54 Å². The second-order valence-corrected chi connectivity index (χ2v) is 5.31. The summed E-state index contributed by atoms with van der Waals surface area (Å²) in [6.45, 7) is 5.51. The van der Waals surface area contributed by atoms with Gasteiger partial charge in [-0.25, -0.2) is 0 Å². The number of ether oxygens (including phenoxy) is 1. The number of likely N-dealkylation sites (tertiary alicyclic amines) is 1. The maximum absolute atomic E-state index is 9.01. The molecule has 19 heavy (non-hydrogen) atoms. The standard InChI is InChI=1S/C16H22N2O/c1-4-15-8-5-12(2)18(15)11-13-6-7-14(10-17)16(9-13)19-3/h6-7,9,12,15H,4-5,8,11H2,1-3H3. The Morgan fingerprint density at radius 3 is 2.84 bits per heavy atom. The zero-order valence-corrected chi connectivity index (χ0v) is 12.0. The molecule has 2 rings (SSSR count). The van der Waals surface area contributed by atoms with Crippen molar-refractivity contribution in [1.82, 2.24) is 4.90 Å². The van der Waals surface area contributed by atoms with Gasteiger partial charge in [0.15, 0.2) is 0 Å². The highest BCUT2D eigenvalue weighted by Gasteiger charge is 2.29. The van der Waals surface area contributed by atoms with Crippen molar-refractivity contribution in [2.75, 3.05) is 7.11 Å². The quantitative estimate of drug-likeness (QED) is 0.831. The smallest absolute Gasteiger partial charge is 0.136 e. The van der Waals surface area contributed by atoms with Gasteiger partial charge in [0, 0.05) is 18.6 Å². The molecule has 1 heterocycles. The molecule has 2 atom stereocenters. The van der Waals surface area contributed by atoms with Crippen LogP contribution in [0.3, 0.4) is 0 Å². The first-order valence-electron chi connectivity index (χ1n) is 7.02. The molecular formula is C16H22N2O. The Labute approximate surface area is 115 Å². The van der Waals surface area contributed by atoms with Crippen LogP contribution in [0, 0.1) is 11.3 Å². The number of benzene rings is 1. The molecule has 1 aromatic rings. The highest BCUT2D eigenvalue weighted by molar-refractivity contribution is 5.45. The summed E-state index contributed by atoms with van der Waals surface area (Å²) in [6, 6.07) is 9.39. The van der Waals surface area contributed by atoms with Gasteiger partial charge in [0.05, 0.1) is 12.7 Å². The Morgan fingerprint density at radius 2 is 2.21 bits per heavy atom. The number of hydrogen-bond acceptors (Lipinski definition) is 3. The molecule has 1 fully saturated rings. The minimum absolute atomic E-state index is 0.604. The minimum Gasteiger partial charge on any atom is -0.495 e. The number of nitriles is 1. The van der Waals surface area contributed by atoms with Gasteiger partial charge in [0.2, 0.25) is 0 Å². The van der Waals surface area contributed by atoms with E-state index in [1.807, 2.05) is 18.2 Å². The minimum atomic E-state index is 0.604. The maximum atomic E-state index is 9.01. The van der Waals surface area contributed by atoms with Gasteiger partial charge in [0.25, 0.3) is 0 Å². The molecular weight excluding hydrogens is 236 g/mol. The largest absolute Gasteiger partial charge is 0.495 e. The molecule has 3 nitrogen and oxygen atoms in total. The van der Waals surface area contributed by atoms with Gasteiger partial charge >= 0.3 is 0 Å². The van der Waals surface area contributed by atoms with Crippen LogP contribution in [0.5, 0.6) is 5.75 Å². The van der Waals surface area contributed by atoms with Crippen LogP contribution in [-0.4, -0.2) is 24.1 Å². The predicted molar refractivity (Wildman–Crippen MR) is 76.0 cm³/mol. The van der Waals surface area contributed by atoms with Crippen molar-refractivity contribution in [2.45, 2.75) is 51.7 Å². The van der Waals surface area contributed by atoms with Gasteiger partial charge in [-0.2, -0.15) is 5.26 Å². The second-order valence-electron chi connectivity index (χ2n) is 5.31. The van der Waals surface area contributed by atoms with E-state index in [-0.39, 0.29) is 0 Å². The van der Waals surface area contributed by atoms with E-state index in [4.69, 9.17) is 10.00 Å². The summed E-state index contributed by atoms with van der Waals surface area (Å²) in [4.78, 5) is 2.57. The zero-order valence-electron chi connectivity index (χ0n) is 12.0. The molecule has 0 N–H and O–H groups in total. The molecule has 102 valence electrons. The Kier molecular flexibility index (Phi) is 4.44. The highest BCUT2D eigenvalue weighted by atomic mass is 16.5. The molecule has 0 aromatic heterocycles. The van der Waals surface area contributed by atoms with Crippen LogP contribution < -0.4 is 4.74 Å². The monoisotopic (exact) mass is 258 g/mol. The fourth-order valence-corrected chi connectivity index (χ4v) is 2.99. The summed E-state index contributed by atoms with van der Waals surface area (Å²) in [5.41, 5.74) is 1.83. The predicted octanol–water partition coefficient (Wildman–Crippen LogP) is 3.33. The SMILES string of the molecule is CCC1CCC(C)N1Cc1ccc(C#N)c(OC)c1. The summed E-state index contributed by atoms with van der Waals surface area (Å²) in [7, 11) is 1.62. The normalized spacial score (nSPS) is 23.3. The first-order valence-corrected chi connectivity index (χ1v) is 7.02. The lowest BCUT2D eigenvalue weighted by Gasteiger charge is -2.27. The fraction of sp³-hybridized carbons (Fsp3) is 0.562. The lowest BCUT2D eigenvalue weighted by atomic mass is 10.1. The number of rotatable bonds is 4. The first-order chi connectivity index (χ1) is 9.19. The summed E-state index contributed by atoms with van der Waals surface area (Å²) in [5.74, 6) is 0.680. The van der Waals surface area contributed by atoms with Gasteiger partial charge in [-0.15, -0.1) is 0 Å². The molecule has 1 aromatic carbocycles. The fourth-order valence-electron chi connectivity index (χ4n) is 2.99. The average Bonchev–Trinajstić information content (AvgIpc) is 2.79. The van der Waals surface area contributed by atoms with Crippen molar-refractivity contribution in [3.8, 4) is 11.8 Å². The van der Waals surface area contributed by atoms with Gasteiger partial charge in [0.1, 0.15) is 11.8 Å². The molecule has 0 amide bonds. The maximum Gasteiger partial charge on any atom is 0.136 e. The number of nitrogens with zero attached hydrogens (tertiary/aromatic N) is 2. The van der Waals surface area contributed by atoms with E-state index in [0.29, 0.717) is 23.4 Å². The van der Waals surface area contributed by atoms with Crippen LogP contribution in [0.4, 0.5) is 0 Å². The van der Waals surface area contributed by atoms with Crippen LogP contribution in [0.25, 0.3) is 0 Å². The van der Waals surface area contributed by atoms with E-state index in [2.05, 4.69) is 24.8 Å². The number of methoxy groups -OCH3 is 1. The molecule has 0 spiro atoms. The molecule has 3 heteroatoms. The van der Waals surface area contributed by atoms with Crippen LogP contribution in [0.1, 0.15) is 44.2 Å². The Bertz CT molecular complexity index is 478. The van der Waals surface area contributed by atoms with E-state index in [9.17, 15) is 0 Å². The molecule has 0 radical (unpaired) electrons. The molecule has 0 saturated carbocycles. The molecule has 0 bridgehead atoms. The molecule has 1 saturated heterocycles. The second kappa shape index (κ2) is 6.08.